The van der Waals surface area contributed by atoms with Gasteiger partial charge in [-0.15, -0.1) is 0 Å². The first-order chi connectivity index (χ1) is 13.0. The lowest BCUT2D eigenvalue weighted by atomic mass is 10.0. The van der Waals surface area contributed by atoms with Crippen LogP contribution >= 0.6 is 0 Å². The lowest BCUT2D eigenvalue weighted by Crippen LogP contribution is -2.07. The molecule has 2 unspecified atom stereocenters. The van der Waals surface area contributed by atoms with Crippen LogP contribution < -0.4 is 22.9 Å². The molecule has 144 valence electrons. The van der Waals surface area contributed by atoms with Crippen LogP contribution in [0, 0.1) is 0 Å². The minimum atomic E-state index is 0.211. The summed E-state index contributed by atoms with van der Waals surface area (Å²) in [5.41, 5.74) is 30.8. The van der Waals surface area contributed by atoms with E-state index in [-0.39, 0.29) is 12.1 Å². The Hall–Kier alpha value is -2.21. The number of aliphatic imine (C=N–C) groups is 1. The Morgan fingerprint density at radius 2 is 1.44 bits per heavy atom. The molecule has 2 aromatic carbocycles. The van der Waals surface area contributed by atoms with Crippen molar-refractivity contribution in [2.75, 3.05) is 0 Å². The average Bonchev–Trinajstić information content (AvgIpc) is 3.23. The van der Waals surface area contributed by atoms with Crippen molar-refractivity contribution in [3.8, 4) is 0 Å². The van der Waals surface area contributed by atoms with E-state index in [0.29, 0.717) is 18.9 Å². The molecule has 0 radical (unpaired) electrons. The van der Waals surface area contributed by atoms with Gasteiger partial charge in [-0.2, -0.15) is 0 Å². The summed E-state index contributed by atoms with van der Waals surface area (Å²) in [6.07, 6.45) is 4.39. The third kappa shape index (κ3) is 4.75. The van der Waals surface area contributed by atoms with Crippen molar-refractivity contribution in [3.63, 3.8) is 0 Å². The Morgan fingerprint density at radius 3 is 1.96 bits per heavy atom. The Morgan fingerprint density at radius 1 is 0.926 bits per heavy atom. The molecule has 0 bridgehead atoms. The van der Waals surface area contributed by atoms with Crippen molar-refractivity contribution < 1.29 is 0 Å². The molecule has 0 saturated carbocycles. The van der Waals surface area contributed by atoms with Gasteiger partial charge in [-0.25, -0.2) is 0 Å². The van der Waals surface area contributed by atoms with Gasteiger partial charge in [0.15, 0.2) is 0 Å². The smallest absolute Gasteiger partial charge is 0.0909 e. The zero-order valence-electron chi connectivity index (χ0n) is 16.1. The quantitative estimate of drug-likeness (QED) is 0.494. The highest BCUT2D eigenvalue weighted by Gasteiger charge is 2.19. The van der Waals surface area contributed by atoms with Crippen molar-refractivity contribution in [2.45, 2.75) is 57.8 Å². The van der Waals surface area contributed by atoms with Gasteiger partial charge in [0.1, 0.15) is 0 Å². The van der Waals surface area contributed by atoms with E-state index in [2.05, 4.69) is 41.4 Å². The topological polar surface area (TPSA) is 116 Å². The van der Waals surface area contributed by atoms with Gasteiger partial charge in [0, 0.05) is 18.6 Å². The fourth-order valence-corrected chi connectivity index (χ4v) is 3.81. The molecule has 0 spiro atoms. The lowest BCUT2D eigenvalue weighted by Gasteiger charge is -2.06. The maximum Gasteiger partial charge on any atom is 0.0909 e. The van der Waals surface area contributed by atoms with Gasteiger partial charge in [0.25, 0.3) is 0 Å². The van der Waals surface area contributed by atoms with Crippen LogP contribution in [0.5, 0.6) is 0 Å². The average molecular weight is 366 g/mol. The summed E-state index contributed by atoms with van der Waals surface area (Å²) in [6, 6.07) is 13.3. The SMILES string of the molecule is CC(N)=NCc1ccc2c(c1)C(N)CC2.NCc1ccc2c(c1)C(N)CC2. The van der Waals surface area contributed by atoms with Crippen LogP contribution in [-0.2, 0) is 25.9 Å². The second-order valence-corrected chi connectivity index (χ2v) is 7.52. The molecule has 8 N–H and O–H groups in total. The Balaban J connectivity index is 0.000000159. The van der Waals surface area contributed by atoms with Crippen LogP contribution in [0.4, 0.5) is 0 Å². The molecule has 0 fully saturated rings. The van der Waals surface area contributed by atoms with Gasteiger partial charge in [0.2, 0.25) is 0 Å². The molecule has 0 aromatic heterocycles. The first-order valence-corrected chi connectivity index (χ1v) is 9.69. The van der Waals surface area contributed by atoms with Gasteiger partial charge >= 0.3 is 0 Å². The van der Waals surface area contributed by atoms with Gasteiger partial charge in [-0.1, -0.05) is 36.4 Å². The third-order valence-electron chi connectivity index (χ3n) is 5.42. The molecule has 2 aliphatic rings. The highest BCUT2D eigenvalue weighted by atomic mass is 14.8. The molecule has 5 heteroatoms. The van der Waals surface area contributed by atoms with Gasteiger partial charge in [-0.3, -0.25) is 4.99 Å². The minimum absolute atomic E-state index is 0.211. The van der Waals surface area contributed by atoms with E-state index in [1.54, 1.807) is 6.92 Å². The van der Waals surface area contributed by atoms with Gasteiger partial charge < -0.3 is 22.9 Å². The van der Waals surface area contributed by atoms with Crippen molar-refractivity contribution in [1.29, 1.82) is 0 Å². The van der Waals surface area contributed by atoms with Crippen LogP contribution in [-0.4, -0.2) is 5.84 Å². The van der Waals surface area contributed by atoms with E-state index in [1.807, 2.05) is 0 Å². The summed E-state index contributed by atoms with van der Waals surface area (Å²) in [5, 5.41) is 0. The van der Waals surface area contributed by atoms with Crippen molar-refractivity contribution in [1.82, 2.24) is 0 Å². The number of nitrogens with two attached hydrogens (primary N) is 4. The molecule has 0 amide bonds. The number of fused-ring (bicyclic) bond motifs is 2. The van der Waals surface area contributed by atoms with E-state index >= 15 is 0 Å². The van der Waals surface area contributed by atoms with Crippen LogP contribution in [0.1, 0.15) is 65.2 Å². The number of nitrogens with zero attached hydrogens (tertiary/aromatic N) is 1. The zero-order chi connectivity index (χ0) is 19.4. The second kappa shape index (κ2) is 8.65. The van der Waals surface area contributed by atoms with Crippen LogP contribution in [0.2, 0.25) is 0 Å². The third-order valence-corrected chi connectivity index (χ3v) is 5.42. The number of hydrogen-bond donors (Lipinski definition) is 4. The first kappa shape index (κ1) is 19.5. The monoisotopic (exact) mass is 365 g/mol. The van der Waals surface area contributed by atoms with Crippen molar-refractivity contribution in [3.05, 3.63) is 69.8 Å². The number of amidine groups is 1. The summed E-state index contributed by atoms with van der Waals surface area (Å²) in [5.74, 6) is 0.625. The van der Waals surface area contributed by atoms with E-state index in [0.717, 1.165) is 25.7 Å². The van der Waals surface area contributed by atoms with E-state index in [9.17, 15) is 0 Å². The van der Waals surface area contributed by atoms with E-state index in [4.69, 9.17) is 22.9 Å². The highest BCUT2D eigenvalue weighted by Crippen LogP contribution is 2.30. The Kier molecular flexibility index (Phi) is 6.26. The number of rotatable bonds is 3. The standard InChI is InChI=1S/C12H17N3.C10H14N2/c1-8(13)15-7-9-2-3-10-4-5-12(14)11(10)6-9;11-6-7-1-2-8-3-4-10(12)9(8)5-7/h2-3,6,12H,4-5,7,14H2,1H3,(H2,13,15);1-2,5,10H,3-4,6,11-12H2. The zero-order valence-corrected chi connectivity index (χ0v) is 16.1. The maximum absolute atomic E-state index is 6.01. The summed E-state index contributed by atoms with van der Waals surface area (Å²) in [6.45, 7) is 3.07. The van der Waals surface area contributed by atoms with Crippen molar-refractivity contribution >= 4 is 5.84 Å². The largest absolute Gasteiger partial charge is 0.388 e. The van der Waals surface area contributed by atoms with E-state index < -0.39 is 0 Å². The van der Waals surface area contributed by atoms with Crippen LogP contribution in [0.25, 0.3) is 0 Å². The molecular formula is C22H31N5. The highest BCUT2D eigenvalue weighted by molar-refractivity contribution is 5.77. The molecule has 2 aromatic rings. The molecule has 2 atom stereocenters. The molecule has 5 nitrogen and oxygen atoms in total. The predicted octanol–water partition coefficient (Wildman–Crippen LogP) is 2.60. The van der Waals surface area contributed by atoms with Gasteiger partial charge in [-0.05, 0) is 66.0 Å². The Bertz CT molecular complexity index is 823. The van der Waals surface area contributed by atoms with Crippen molar-refractivity contribution in [2.24, 2.45) is 27.9 Å². The predicted molar refractivity (Wildman–Crippen MR) is 112 cm³/mol. The Labute approximate surface area is 161 Å². The maximum atomic E-state index is 6.01. The summed E-state index contributed by atoms with van der Waals surface area (Å²) >= 11 is 0. The number of aryl methyl sites for hydroxylation is 2. The molecule has 0 aliphatic heterocycles. The fraction of sp³-hybridized carbons (Fsp3) is 0.409. The molecule has 0 heterocycles. The summed E-state index contributed by atoms with van der Waals surface area (Å²) in [4.78, 5) is 4.20. The first-order valence-electron chi connectivity index (χ1n) is 9.69. The summed E-state index contributed by atoms with van der Waals surface area (Å²) < 4.78 is 0. The second-order valence-electron chi connectivity index (χ2n) is 7.52. The normalized spacial score (nSPS) is 20.7. The molecule has 0 saturated heterocycles. The number of hydrogen-bond acceptors (Lipinski definition) is 4. The minimum Gasteiger partial charge on any atom is -0.388 e. The molecular weight excluding hydrogens is 334 g/mol. The molecule has 2 aliphatic carbocycles. The summed E-state index contributed by atoms with van der Waals surface area (Å²) in [7, 11) is 0. The van der Waals surface area contributed by atoms with Crippen LogP contribution in [0.15, 0.2) is 41.4 Å². The molecule has 4 rings (SSSR count). The molecule has 27 heavy (non-hydrogen) atoms. The van der Waals surface area contributed by atoms with Gasteiger partial charge in [0.05, 0.1) is 12.4 Å². The lowest BCUT2D eigenvalue weighted by molar-refractivity contribution is 0.712. The van der Waals surface area contributed by atoms with E-state index in [1.165, 1.54) is 33.4 Å². The van der Waals surface area contributed by atoms with Crippen LogP contribution in [0.3, 0.4) is 0 Å². The fourth-order valence-electron chi connectivity index (χ4n) is 3.81. The number of benzene rings is 2.